The molecule has 0 bridgehead atoms. The summed E-state index contributed by atoms with van der Waals surface area (Å²) in [5, 5.41) is 3.61. The maximum absolute atomic E-state index is 13.8. The lowest BCUT2D eigenvalue weighted by Gasteiger charge is -2.21. The van der Waals surface area contributed by atoms with Crippen LogP contribution in [0.5, 0.6) is 0 Å². The zero-order chi connectivity index (χ0) is 22.1. The second-order valence-electron chi connectivity index (χ2n) is 8.23. The Labute approximate surface area is 184 Å². The van der Waals surface area contributed by atoms with E-state index in [2.05, 4.69) is 20.1 Å². The molecule has 2 aliphatic rings. The molecule has 3 aromatic heterocycles. The van der Waals surface area contributed by atoms with E-state index in [1.165, 1.54) is 29.4 Å². The first-order chi connectivity index (χ1) is 15.4. The van der Waals surface area contributed by atoms with Crippen molar-refractivity contribution in [3.8, 4) is 0 Å². The van der Waals surface area contributed by atoms with E-state index in [4.69, 9.17) is 16.1 Å². The van der Waals surface area contributed by atoms with Gasteiger partial charge in [0.05, 0.1) is 6.33 Å². The van der Waals surface area contributed by atoms with Gasteiger partial charge in [0.15, 0.2) is 17.0 Å². The van der Waals surface area contributed by atoms with Crippen LogP contribution in [0.3, 0.4) is 0 Å². The number of hydrogen-bond donors (Lipinski definition) is 0. The van der Waals surface area contributed by atoms with Crippen LogP contribution in [0.2, 0.25) is 5.02 Å². The number of anilines is 1. The first kappa shape index (κ1) is 19.4. The van der Waals surface area contributed by atoms with E-state index < -0.39 is 16.7 Å². The van der Waals surface area contributed by atoms with Crippen LogP contribution in [0.4, 0.5) is 14.5 Å². The lowest BCUT2D eigenvalue weighted by Crippen LogP contribution is -2.24. The van der Waals surface area contributed by atoms with E-state index >= 15 is 0 Å². The summed E-state index contributed by atoms with van der Waals surface area (Å²) in [7, 11) is 1.73. The topological polar surface area (TPSA) is 94.9 Å². The van der Waals surface area contributed by atoms with Crippen LogP contribution in [0.1, 0.15) is 17.6 Å². The Balaban J connectivity index is 1.16. The molecule has 1 saturated heterocycles. The highest BCUT2D eigenvalue weighted by molar-refractivity contribution is 6.31. The molecule has 0 spiro atoms. The summed E-state index contributed by atoms with van der Waals surface area (Å²) in [6.45, 7) is 1.39. The predicted octanol–water partition coefficient (Wildman–Crippen LogP) is 2.34. The fourth-order valence-corrected chi connectivity index (χ4v) is 4.75. The Hall–Kier alpha value is -3.34. The molecule has 0 radical (unpaired) electrons. The molecule has 1 aliphatic carbocycles. The maximum atomic E-state index is 13.8. The minimum absolute atomic E-state index is 0.109. The van der Waals surface area contributed by atoms with Gasteiger partial charge in [-0.1, -0.05) is 16.8 Å². The van der Waals surface area contributed by atoms with Crippen molar-refractivity contribution in [2.24, 2.45) is 18.9 Å². The number of fused-ring (bicyclic) bond motifs is 2. The SMILES string of the molecule is Cn1cnc2ncn(Cc3nc([C@H]4[C@@H]5CN(c6cc(F)c(Cl)c(F)c6)C[C@@H]54)no3)c(=O)c21. The van der Waals surface area contributed by atoms with Crippen LogP contribution in [0, 0.1) is 23.5 Å². The average molecular weight is 460 g/mol. The molecule has 2 fully saturated rings. The molecule has 4 aromatic rings. The largest absolute Gasteiger partial charge is 0.371 e. The van der Waals surface area contributed by atoms with Crippen molar-refractivity contribution in [3.63, 3.8) is 0 Å². The first-order valence-electron chi connectivity index (χ1n) is 9.99. The van der Waals surface area contributed by atoms with Gasteiger partial charge in [-0.05, 0) is 24.0 Å². The van der Waals surface area contributed by atoms with Crippen molar-refractivity contribution >= 4 is 28.5 Å². The van der Waals surface area contributed by atoms with Gasteiger partial charge in [0, 0.05) is 31.7 Å². The minimum atomic E-state index is -0.768. The summed E-state index contributed by atoms with van der Waals surface area (Å²) in [5.74, 6) is 0.0427. The summed E-state index contributed by atoms with van der Waals surface area (Å²) in [4.78, 5) is 27.3. The third-order valence-corrected chi connectivity index (χ3v) is 6.68. The third kappa shape index (κ3) is 2.91. The van der Waals surface area contributed by atoms with Crippen LogP contribution in [-0.2, 0) is 13.6 Å². The van der Waals surface area contributed by atoms with Gasteiger partial charge in [-0.2, -0.15) is 4.98 Å². The molecule has 6 rings (SSSR count). The molecular weight excluding hydrogens is 444 g/mol. The molecule has 164 valence electrons. The molecule has 3 atom stereocenters. The van der Waals surface area contributed by atoms with E-state index in [0.29, 0.717) is 41.7 Å². The summed E-state index contributed by atoms with van der Waals surface area (Å²) in [6, 6.07) is 2.50. The molecule has 9 nitrogen and oxygen atoms in total. The second-order valence-corrected chi connectivity index (χ2v) is 8.61. The normalized spacial score (nSPS) is 22.0. The first-order valence-corrected chi connectivity index (χ1v) is 10.4. The van der Waals surface area contributed by atoms with E-state index in [9.17, 15) is 13.6 Å². The smallest absolute Gasteiger partial charge is 0.280 e. The summed E-state index contributed by atoms with van der Waals surface area (Å²) in [6.07, 6.45) is 2.95. The minimum Gasteiger partial charge on any atom is -0.371 e. The van der Waals surface area contributed by atoms with Crippen molar-refractivity contribution in [1.82, 2.24) is 29.2 Å². The van der Waals surface area contributed by atoms with Crippen molar-refractivity contribution in [2.75, 3.05) is 18.0 Å². The van der Waals surface area contributed by atoms with Gasteiger partial charge in [-0.3, -0.25) is 9.36 Å². The van der Waals surface area contributed by atoms with E-state index in [-0.39, 0.29) is 29.9 Å². The number of imidazole rings is 1. The maximum Gasteiger partial charge on any atom is 0.280 e. The zero-order valence-corrected chi connectivity index (χ0v) is 17.5. The number of aromatic nitrogens is 6. The predicted molar refractivity (Wildman–Crippen MR) is 109 cm³/mol. The molecular formula is C20H16ClF2N7O2. The average Bonchev–Trinajstić information content (AvgIpc) is 3.19. The number of halogens is 3. The summed E-state index contributed by atoms with van der Waals surface area (Å²) in [5.41, 5.74) is 1.02. The molecule has 0 N–H and O–H groups in total. The van der Waals surface area contributed by atoms with Crippen molar-refractivity contribution in [3.05, 3.63) is 63.5 Å². The number of nitrogens with zero attached hydrogens (tertiary/aromatic N) is 7. The van der Waals surface area contributed by atoms with E-state index in [0.717, 1.165) is 0 Å². The molecule has 12 heteroatoms. The van der Waals surface area contributed by atoms with E-state index in [1.807, 2.05) is 4.90 Å². The van der Waals surface area contributed by atoms with E-state index in [1.54, 1.807) is 11.6 Å². The number of piperidine rings is 1. The third-order valence-electron chi connectivity index (χ3n) is 6.32. The van der Waals surface area contributed by atoms with Gasteiger partial charge >= 0.3 is 0 Å². The Bertz CT molecular complexity index is 1400. The summed E-state index contributed by atoms with van der Waals surface area (Å²) < 4.78 is 36.0. The quantitative estimate of drug-likeness (QED) is 0.432. The van der Waals surface area contributed by atoms with Crippen LogP contribution < -0.4 is 10.5 Å². The number of rotatable bonds is 4. The second kappa shape index (κ2) is 6.83. The molecule has 0 unspecified atom stereocenters. The van der Waals surface area contributed by atoms with Crippen LogP contribution in [0.25, 0.3) is 11.2 Å². The molecule has 1 aromatic carbocycles. The molecule has 32 heavy (non-hydrogen) atoms. The molecule has 1 saturated carbocycles. The Morgan fingerprint density at radius 2 is 1.84 bits per heavy atom. The standard InChI is InChI=1S/C20H16ClF2N7O2/c1-28-7-24-19-17(28)20(31)30(8-25-19)6-14-26-18(27-32-14)15-10-4-29(5-11(10)15)9-2-12(22)16(21)13(23)3-9/h2-3,7-8,10-11,15H,4-6H2,1H3/t10-,11+,15+. The fourth-order valence-electron chi connectivity index (χ4n) is 4.64. The summed E-state index contributed by atoms with van der Waals surface area (Å²) >= 11 is 5.57. The van der Waals surface area contributed by atoms with Crippen molar-refractivity contribution in [1.29, 1.82) is 0 Å². The van der Waals surface area contributed by atoms with Gasteiger partial charge < -0.3 is 14.0 Å². The number of hydrogen-bond acceptors (Lipinski definition) is 7. The van der Waals surface area contributed by atoms with Gasteiger partial charge in [0.1, 0.15) is 29.5 Å². The highest BCUT2D eigenvalue weighted by Crippen LogP contribution is 2.58. The lowest BCUT2D eigenvalue weighted by molar-refractivity contribution is 0.363. The fraction of sp³-hybridized carbons (Fsp3) is 0.350. The van der Waals surface area contributed by atoms with Gasteiger partial charge in [0.25, 0.3) is 5.56 Å². The van der Waals surface area contributed by atoms with Crippen LogP contribution in [-0.4, -0.2) is 42.3 Å². The number of aryl methyl sites for hydroxylation is 1. The van der Waals surface area contributed by atoms with Crippen molar-refractivity contribution in [2.45, 2.75) is 12.5 Å². The zero-order valence-electron chi connectivity index (χ0n) is 16.7. The van der Waals surface area contributed by atoms with Gasteiger partial charge in [-0.15, -0.1) is 0 Å². The lowest BCUT2D eigenvalue weighted by atomic mass is 10.2. The van der Waals surface area contributed by atoms with Gasteiger partial charge in [-0.25, -0.2) is 18.7 Å². The highest BCUT2D eigenvalue weighted by atomic mass is 35.5. The molecule has 1 aliphatic heterocycles. The van der Waals surface area contributed by atoms with Crippen LogP contribution >= 0.6 is 11.6 Å². The Morgan fingerprint density at radius 3 is 2.56 bits per heavy atom. The molecule has 0 amide bonds. The number of benzene rings is 1. The van der Waals surface area contributed by atoms with Crippen molar-refractivity contribution < 1.29 is 13.3 Å². The Kier molecular flexibility index (Phi) is 4.13. The van der Waals surface area contributed by atoms with Crippen LogP contribution in [0.15, 0.2) is 34.1 Å². The monoisotopic (exact) mass is 459 g/mol. The van der Waals surface area contributed by atoms with Gasteiger partial charge in [0.2, 0.25) is 5.89 Å². The Morgan fingerprint density at radius 1 is 1.16 bits per heavy atom. The molecule has 4 heterocycles. The highest BCUT2D eigenvalue weighted by Gasteiger charge is 2.58.